The van der Waals surface area contributed by atoms with Crippen molar-refractivity contribution in [3.63, 3.8) is 0 Å². The van der Waals surface area contributed by atoms with Crippen molar-refractivity contribution in [2.45, 2.75) is 19.5 Å². The number of alkyl halides is 3. The van der Waals surface area contributed by atoms with Crippen LogP contribution in [-0.2, 0) is 17.4 Å². The lowest BCUT2D eigenvalue weighted by Gasteiger charge is -2.11. The van der Waals surface area contributed by atoms with E-state index in [4.69, 9.17) is 0 Å². The molecule has 0 radical (unpaired) electrons. The Morgan fingerprint density at radius 2 is 1.76 bits per heavy atom. The van der Waals surface area contributed by atoms with Crippen LogP contribution < -0.4 is 10.6 Å². The average molecular weight is 401 g/mol. The summed E-state index contributed by atoms with van der Waals surface area (Å²) in [5, 5.41) is 15.3. The molecule has 3 rings (SSSR count). The minimum atomic E-state index is -4.51. The van der Waals surface area contributed by atoms with Crippen molar-refractivity contribution in [1.82, 2.24) is 4.98 Å². The zero-order chi connectivity index (χ0) is 21.0. The molecule has 3 N–H and O–H groups in total. The molecule has 0 aliphatic heterocycles. The SMILES string of the molecule is Cc1ccc(O)c(NC(=O)Cc2ccc(Nc3ccnc(C(F)(F)F)c3)cc2)c1. The first kappa shape index (κ1) is 20.2. The Balaban J connectivity index is 1.63. The summed E-state index contributed by atoms with van der Waals surface area (Å²) in [6.07, 6.45) is -3.34. The molecule has 1 aromatic heterocycles. The highest BCUT2D eigenvalue weighted by molar-refractivity contribution is 5.93. The highest BCUT2D eigenvalue weighted by atomic mass is 19.4. The number of hydrogen-bond donors (Lipinski definition) is 3. The largest absolute Gasteiger partial charge is 0.506 e. The van der Waals surface area contributed by atoms with E-state index in [2.05, 4.69) is 15.6 Å². The van der Waals surface area contributed by atoms with Gasteiger partial charge in [0.25, 0.3) is 0 Å². The summed E-state index contributed by atoms with van der Waals surface area (Å²) in [5.74, 6) is -0.311. The Morgan fingerprint density at radius 3 is 2.45 bits per heavy atom. The molecule has 0 saturated carbocycles. The van der Waals surface area contributed by atoms with Crippen LogP contribution in [0, 0.1) is 6.92 Å². The smallest absolute Gasteiger partial charge is 0.433 e. The third-order valence-electron chi connectivity index (χ3n) is 4.08. The second kappa shape index (κ2) is 8.22. The van der Waals surface area contributed by atoms with Crippen molar-refractivity contribution in [3.8, 4) is 5.75 Å². The molecule has 0 saturated heterocycles. The molecule has 0 atom stereocenters. The molecule has 1 heterocycles. The van der Waals surface area contributed by atoms with E-state index < -0.39 is 11.9 Å². The molecule has 0 bridgehead atoms. The van der Waals surface area contributed by atoms with Crippen molar-refractivity contribution >= 4 is 23.0 Å². The maximum Gasteiger partial charge on any atom is 0.433 e. The fourth-order valence-corrected chi connectivity index (χ4v) is 2.67. The van der Waals surface area contributed by atoms with E-state index in [1.54, 1.807) is 36.4 Å². The van der Waals surface area contributed by atoms with Gasteiger partial charge in [0.15, 0.2) is 0 Å². The monoisotopic (exact) mass is 401 g/mol. The normalized spacial score (nSPS) is 11.2. The summed E-state index contributed by atoms with van der Waals surface area (Å²) in [5.41, 5.74) is 1.81. The summed E-state index contributed by atoms with van der Waals surface area (Å²) in [7, 11) is 0. The number of amides is 1. The van der Waals surface area contributed by atoms with Gasteiger partial charge in [-0.15, -0.1) is 0 Å². The summed E-state index contributed by atoms with van der Waals surface area (Å²) in [4.78, 5) is 15.5. The molecule has 2 aromatic carbocycles. The van der Waals surface area contributed by atoms with Crippen LogP contribution in [0.2, 0.25) is 0 Å². The summed E-state index contributed by atoms with van der Waals surface area (Å²) in [6.45, 7) is 1.85. The number of benzene rings is 2. The number of carbonyl (C=O) groups is 1. The van der Waals surface area contributed by atoms with Gasteiger partial charge in [0, 0.05) is 17.6 Å². The number of halogens is 3. The zero-order valence-electron chi connectivity index (χ0n) is 15.4. The van der Waals surface area contributed by atoms with Gasteiger partial charge >= 0.3 is 6.18 Å². The van der Waals surface area contributed by atoms with Crippen molar-refractivity contribution in [2.24, 2.45) is 0 Å². The van der Waals surface area contributed by atoms with Gasteiger partial charge in [0.1, 0.15) is 11.4 Å². The third kappa shape index (κ3) is 5.47. The number of anilines is 3. The van der Waals surface area contributed by atoms with Crippen LogP contribution in [0.1, 0.15) is 16.8 Å². The zero-order valence-corrected chi connectivity index (χ0v) is 15.4. The maximum atomic E-state index is 12.7. The lowest BCUT2D eigenvalue weighted by Crippen LogP contribution is -2.14. The first-order valence-electron chi connectivity index (χ1n) is 8.69. The van der Waals surface area contributed by atoms with Gasteiger partial charge in [-0.25, -0.2) is 0 Å². The summed E-state index contributed by atoms with van der Waals surface area (Å²) in [6, 6.07) is 14.0. The molecule has 0 spiro atoms. The Morgan fingerprint density at radius 1 is 1.03 bits per heavy atom. The Bertz CT molecular complexity index is 1020. The number of pyridine rings is 1. The van der Waals surface area contributed by atoms with Crippen molar-refractivity contribution < 1.29 is 23.1 Å². The standard InChI is InChI=1S/C21H18F3N3O2/c1-13-2-7-18(28)17(10-13)27-20(29)11-14-3-5-15(6-4-14)26-16-8-9-25-19(12-16)21(22,23)24/h2-10,12,28H,11H2,1H3,(H,25,26)(H,27,29). The molecule has 150 valence electrons. The molecule has 0 aliphatic rings. The number of phenols is 1. The van der Waals surface area contributed by atoms with Gasteiger partial charge in [-0.3, -0.25) is 9.78 Å². The van der Waals surface area contributed by atoms with Crippen molar-refractivity contribution in [3.05, 3.63) is 77.6 Å². The average Bonchev–Trinajstić information content (AvgIpc) is 2.66. The van der Waals surface area contributed by atoms with Crippen LogP contribution in [0.5, 0.6) is 5.75 Å². The lowest BCUT2D eigenvalue weighted by molar-refractivity contribution is -0.141. The predicted octanol–water partition coefficient (Wildman–Crippen LogP) is 5.04. The second-order valence-corrected chi connectivity index (χ2v) is 6.49. The quantitative estimate of drug-likeness (QED) is 0.524. The fourth-order valence-electron chi connectivity index (χ4n) is 2.67. The fraction of sp³-hybridized carbons (Fsp3) is 0.143. The van der Waals surface area contributed by atoms with Crippen LogP contribution in [0.15, 0.2) is 60.8 Å². The number of hydrogen-bond acceptors (Lipinski definition) is 4. The number of phenolic OH excluding ortho intramolecular Hbond substituents is 1. The number of nitrogens with zero attached hydrogens (tertiary/aromatic N) is 1. The number of nitrogens with one attached hydrogen (secondary N) is 2. The van der Waals surface area contributed by atoms with Crippen LogP contribution in [0.4, 0.5) is 30.2 Å². The third-order valence-corrected chi connectivity index (χ3v) is 4.08. The van der Waals surface area contributed by atoms with E-state index in [-0.39, 0.29) is 23.8 Å². The topological polar surface area (TPSA) is 74.2 Å². The van der Waals surface area contributed by atoms with Crippen LogP contribution in [-0.4, -0.2) is 16.0 Å². The van der Waals surface area contributed by atoms with Crippen molar-refractivity contribution in [1.29, 1.82) is 0 Å². The molecule has 0 fully saturated rings. The highest BCUT2D eigenvalue weighted by Gasteiger charge is 2.32. The van der Waals surface area contributed by atoms with E-state index in [1.165, 1.54) is 12.1 Å². The molecule has 0 unspecified atom stereocenters. The predicted molar refractivity (Wildman–Crippen MR) is 104 cm³/mol. The van der Waals surface area contributed by atoms with E-state index in [0.29, 0.717) is 16.9 Å². The number of rotatable bonds is 5. The molecule has 8 heteroatoms. The van der Waals surface area contributed by atoms with Gasteiger partial charge in [-0.05, 0) is 54.4 Å². The highest BCUT2D eigenvalue weighted by Crippen LogP contribution is 2.29. The number of aryl methyl sites for hydroxylation is 1. The first-order chi connectivity index (χ1) is 13.7. The number of aromatic hydroxyl groups is 1. The maximum absolute atomic E-state index is 12.7. The van der Waals surface area contributed by atoms with Crippen molar-refractivity contribution in [2.75, 3.05) is 10.6 Å². The minimum absolute atomic E-state index is 0.0147. The van der Waals surface area contributed by atoms with Gasteiger partial charge in [-0.1, -0.05) is 18.2 Å². The molecular weight excluding hydrogens is 383 g/mol. The summed E-state index contributed by atoms with van der Waals surface area (Å²) >= 11 is 0. The van der Waals surface area contributed by atoms with Gasteiger partial charge in [-0.2, -0.15) is 13.2 Å². The molecule has 1 amide bonds. The summed E-state index contributed by atoms with van der Waals surface area (Å²) < 4.78 is 38.2. The van der Waals surface area contributed by atoms with Gasteiger partial charge < -0.3 is 15.7 Å². The van der Waals surface area contributed by atoms with Crippen LogP contribution in [0.3, 0.4) is 0 Å². The number of carbonyl (C=O) groups excluding carboxylic acids is 1. The van der Waals surface area contributed by atoms with E-state index in [9.17, 15) is 23.1 Å². The van der Waals surface area contributed by atoms with Gasteiger partial charge in [0.05, 0.1) is 12.1 Å². The van der Waals surface area contributed by atoms with E-state index in [1.807, 2.05) is 6.92 Å². The molecule has 29 heavy (non-hydrogen) atoms. The second-order valence-electron chi connectivity index (χ2n) is 6.49. The number of aromatic nitrogens is 1. The molecule has 3 aromatic rings. The van der Waals surface area contributed by atoms with E-state index in [0.717, 1.165) is 17.8 Å². The molecule has 0 aliphatic carbocycles. The van der Waals surface area contributed by atoms with Crippen LogP contribution in [0.25, 0.3) is 0 Å². The Labute approximate surface area is 165 Å². The Kier molecular flexibility index (Phi) is 5.72. The Hall–Kier alpha value is -3.55. The lowest BCUT2D eigenvalue weighted by atomic mass is 10.1. The van der Waals surface area contributed by atoms with Crippen LogP contribution >= 0.6 is 0 Å². The van der Waals surface area contributed by atoms with E-state index >= 15 is 0 Å². The minimum Gasteiger partial charge on any atom is -0.506 e. The molecular formula is C21H18F3N3O2. The first-order valence-corrected chi connectivity index (χ1v) is 8.69. The van der Waals surface area contributed by atoms with Gasteiger partial charge in [0.2, 0.25) is 5.91 Å². The molecule has 5 nitrogen and oxygen atoms in total.